The van der Waals surface area contributed by atoms with Crippen molar-refractivity contribution in [3.63, 3.8) is 0 Å². The van der Waals surface area contributed by atoms with Crippen LogP contribution < -0.4 is 0 Å². The van der Waals surface area contributed by atoms with E-state index in [1.165, 1.54) is 38.9 Å². The Morgan fingerprint density at radius 3 is 2.32 bits per heavy atom. The summed E-state index contributed by atoms with van der Waals surface area (Å²) in [5, 5.41) is 9.14. The highest BCUT2D eigenvalue weighted by molar-refractivity contribution is 6.33. The predicted octanol–water partition coefficient (Wildman–Crippen LogP) is 5.66. The van der Waals surface area contributed by atoms with Gasteiger partial charge in [-0.3, -0.25) is 9.48 Å². The number of carbonyl (C=O) groups excluding carboxylic acids is 1. The van der Waals surface area contributed by atoms with E-state index in [1.54, 1.807) is 4.68 Å². The van der Waals surface area contributed by atoms with Crippen molar-refractivity contribution < 1.29 is 9.32 Å². The quantitative estimate of drug-likeness (QED) is 0.523. The summed E-state index contributed by atoms with van der Waals surface area (Å²) in [5.41, 5.74) is 2.30. The summed E-state index contributed by atoms with van der Waals surface area (Å²) in [6, 6.07) is 1.81. The second-order valence-corrected chi connectivity index (χ2v) is 11.9. The van der Waals surface area contributed by atoms with Gasteiger partial charge >= 0.3 is 0 Å². The maximum absolute atomic E-state index is 13.7. The second-order valence-electron chi connectivity index (χ2n) is 11.5. The van der Waals surface area contributed by atoms with Crippen LogP contribution in [0.3, 0.4) is 0 Å². The first-order valence-electron chi connectivity index (χ1n) is 12.8. The molecule has 0 aliphatic carbocycles. The highest BCUT2D eigenvalue weighted by Crippen LogP contribution is 2.42. The van der Waals surface area contributed by atoms with Gasteiger partial charge in [-0.25, -0.2) is 0 Å². The van der Waals surface area contributed by atoms with Crippen molar-refractivity contribution in [3.05, 3.63) is 22.5 Å². The van der Waals surface area contributed by atoms with Crippen molar-refractivity contribution >= 4 is 17.5 Å². The maximum atomic E-state index is 13.7. The van der Waals surface area contributed by atoms with Crippen LogP contribution in [0, 0.1) is 17.8 Å². The van der Waals surface area contributed by atoms with Gasteiger partial charge in [0, 0.05) is 25.7 Å². The summed E-state index contributed by atoms with van der Waals surface area (Å²) < 4.78 is 6.97. The molecule has 2 aromatic heterocycles. The van der Waals surface area contributed by atoms with E-state index >= 15 is 0 Å². The second kappa shape index (κ2) is 10.0. The van der Waals surface area contributed by atoms with Crippen LogP contribution in [0.4, 0.5) is 0 Å². The summed E-state index contributed by atoms with van der Waals surface area (Å²) in [6.07, 6.45) is 6.71. The Morgan fingerprint density at radius 2 is 1.76 bits per heavy atom. The van der Waals surface area contributed by atoms with Crippen LogP contribution in [0.2, 0.25) is 5.15 Å². The molecule has 0 saturated carbocycles. The van der Waals surface area contributed by atoms with Crippen molar-refractivity contribution in [1.82, 2.24) is 24.7 Å². The zero-order valence-electron chi connectivity index (χ0n) is 21.5. The molecule has 0 N–H and O–H groups in total. The molecule has 1 amide bonds. The molecular weight excluding hydrogens is 450 g/mol. The van der Waals surface area contributed by atoms with Gasteiger partial charge in [-0.1, -0.05) is 44.5 Å². The Balaban J connectivity index is 1.42. The zero-order chi connectivity index (χ0) is 24.5. The molecule has 2 fully saturated rings. The molecular formula is C26H40ClN5O2. The molecule has 0 aromatic carbocycles. The number of halogens is 1. The lowest BCUT2D eigenvalue weighted by molar-refractivity contribution is 0.0283. The SMILES string of the molecule is CCCn1nc(-c2cc(C)on2)c(C(=O)N2CCC3(CCN(CCC(C)(C)C)CC3)CC2)c1Cl. The average Bonchev–Trinajstić information content (AvgIpc) is 3.36. The molecule has 2 aliphatic rings. The molecule has 2 aromatic rings. The fourth-order valence-electron chi connectivity index (χ4n) is 5.23. The fraction of sp³-hybridized carbons (Fsp3) is 0.731. The molecule has 34 heavy (non-hydrogen) atoms. The highest BCUT2D eigenvalue weighted by Gasteiger charge is 2.40. The van der Waals surface area contributed by atoms with E-state index in [-0.39, 0.29) is 5.91 Å². The van der Waals surface area contributed by atoms with Crippen LogP contribution in [0.5, 0.6) is 0 Å². The molecule has 8 heteroatoms. The minimum Gasteiger partial charge on any atom is -0.361 e. The summed E-state index contributed by atoms with van der Waals surface area (Å²) in [6.45, 7) is 16.6. The molecule has 2 saturated heterocycles. The monoisotopic (exact) mass is 489 g/mol. The summed E-state index contributed by atoms with van der Waals surface area (Å²) in [5.74, 6) is 0.642. The average molecular weight is 490 g/mol. The van der Waals surface area contributed by atoms with E-state index in [4.69, 9.17) is 16.1 Å². The van der Waals surface area contributed by atoms with E-state index in [0.29, 0.717) is 45.2 Å². The van der Waals surface area contributed by atoms with Gasteiger partial charge in [0.1, 0.15) is 27.9 Å². The van der Waals surface area contributed by atoms with Crippen molar-refractivity contribution in [2.45, 2.75) is 79.7 Å². The number of aryl methyl sites for hydroxylation is 2. The van der Waals surface area contributed by atoms with E-state index in [1.807, 2.05) is 17.9 Å². The van der Waals surface area contributed by atoms with Crippen LogP contribution in [-0.4, -0.2) is 63.4 Å². The fourth-order valence-corrected chi connectivity index (χ4v) is 5.53. The smallest absolute Gasteiger partial charge is 0.259 e. The lowest BCUT2D eigenvalue weighted by atomic mass is 9.71. The van der Waals surface area contributed by atoms with Gasteiger partial charge in [0.15, 0.2) is 0 Å². The van der Waals surface area contributed by atoms with Gasteiger partial charge in [-0.05, 0) is 75.9 Å². The van der Waals surface area contributed by atoms with E-state index < -0.39 is 0 Å². The normalized spacial score (nSPS) is 19.2. The molecule has 4 heterocycles. The third-order valence-corrected chi connectivity index (χ3v) is 8.00. The first kappa shape index (κ1) is 25.2. The first-order chi connectivity index (χ1) is 16.1. The number of likely N-dealkylation sites (tertiary alicyclic amines) is 2. The third-order valence-electron chi connectivity index (χ3n) is 7.62. The Morgan fingerprint density at radius 1 is 1.12 bits per heavy atom. The minimum absolute atomic E-state index is 0.0412. The van der Waals surface area contributed by atoms with Gasteiger partial charge in [-0.15, -0.1) is 0 Å². The van der Waals surface area contributed by atoms with Crippen molar-refractivity contribution in [3.8, 4) is 11.4 Å². The largest absolute Gasteiger partial charge is 0.361 e. The van der Waals surface area contributed by atoms with Gasteiger partial charge in [0.2, 0.25) is 0 Å². The summed E-state index contributed by atoms with van der Waals surface area (Å²) in [7, 11) is 0. The number of hydrogen-bond acceptors (Lipinski definition) is 5. The molecule has 0 unspecified atom stereocenters. The van der Waals surface area contributed by atoms with Crippen LogP contribution in [0.15, 0.2) is 10.6 Å². The standard InChI is InChI=1S/C26H40ClN5O2/c1-6-12-32-23(27)21(22(28-32)20-18-19(2)34-29-20)24(33)31-16-10-26(11-17-31)8-14-30(15-9-26)13-7-25(3,4)5/h18H,6-17H2,1-5H3. The van der Waals surface area contributed by atoms with Crippen LogP contribution in [-0.2, 0) is 6.54 Å². The van der Waals surface area contributed by atoms with Crippen molar-refractivity contribution in [1.29, 1.82) is 0 Å². The van der Waals surface area contributed by atoms with E-state index in [2.05, 4.69) is 42.9 Å². The zero-order valence-corrected chi connectivity index (χ0v) is 22.2. The van der Waals surface area contributed by atoms with Crippen molar-refractivity contribution in [2.75, 3.05) is 32.7 Å². The molecule has 0 radical (unpaired) electrons. The van der Waals surface area contributed by atoms with Gasteiger partial charge < -0.3 is 14.3 Å². The number of piperidine rings is 2. The molecule has 7 nitrogen and oxygen atoms in total. The third kappa shape index (κ3) is 5.51. The van der Waals surface area contributed by atoms with Crippen LogP contribution in [0.1, 0.15) is 82.3 Å². The summed E-state index contributed by atoms with van der Waals surface area (Å²) in [4.78, 5) is 18.3. The lowest BCUT2D eigenvalue weighted by Crippen LogP contribution is -2.48. The molecule has 188 valence electrons. The Bertz CT molecular complexity index is 987. The molecule has 4 rings (SSSR count). The van der Waals surface area contributed by atoms with Crippen LogP contribution in [0.25, 0.3) is 11.4 Å². The van der Waals surface area contributed by atoms with Crippen molar-refractivity contribution in [2.24, 2.45) is 10.8 Å². The number of hydrogen-bond donors (Lipinski definition) is 0. The number of amides is 1. The molecule has 1 spiro atoms. The first-order valence-corrected chi connectivity index (χ1v) is 13.2. The maximum Gasteiger partial charge on any atom is 0.259 e. The Hall–Kier alpha value is -1.86. The Kier molecular flexibility index (Phi) is 7.44. The summed E-state index contributed by atoms with van der Waals surface area (Å²) >= 11 is 6.69. The van der Waals surface area contributed by atoms with Gasteiger partial charge in [0.05, 0.1) is 0 Å². The molecule has 0 bridgehead atoms. The van der Waals surface area contributed by atoms with Gasteiger partial charge in [0.25, 0.3) is 5.91 Å². The topological polar surface area (TPSA) is 67.4 Å². The van der Waals surface area contributed by atoms with Gasteiger partial charge in [-0.2, -0.15) is 5.10 Å². The number of aromatic nitrogens is 3. The molecule has 0 atom stereocenters. The lowest BCUT2D eigenvalue weighted by Gasteiger charge is -2.47. The molecule has 2 aliphatic heterocycles. The predicted molar refractivity (Wildman–Crippen MR) is 135 cm³/mol. The van der Waals surface area contributed by atoms with E-state index in [9.17, 15) is 4.79 Å². The van der Waals surface area contributed by atoms with Crippen LogP contribution >= 0.6 is 11.6 Å². The number of nitrogens with zero attached hydrogens (tertiary/aromatic N) is 5. The number of rotatable bonds is 6. The minimum atomic E-state index is -0.0412. The Labute approximate surface area is 208 Å². The number of carbonyl (C=O) groups is 1. The van der Waals surface area contributed by atoms with E-state index in [0.717, 1.165) is 32.4 Å². The highest BCUT2D eigenvalue weighted by atomic mass is 35.5.